The molecular weight excluding hydrogens is 364 g/mol. The summed E-state index contributed by atoms with van der Waals surface area (Å²) in [6, 6.07) is 8.29. The van der Waals surface area contributed by atoms with E-state index in [0.29, 0.717) is 19.3 Å². The van der Waals surface area contributed by atoms with Crippen LogP contribution in [0.15, 0.2) is 24.3 Å². The van der Waals surface area contributed by atoms with Crippen molar-refractivity contribution in [1.82, 2.24) is 4.90 Å². The number of rotatable bonds is 12. The van der Waals surface area contributed by atoms with Crippen molar-refractivity contribution in [3.63, 3.8) is 0 Å². The Bertz CT molecular complexity index is 605. The fourth-order valence-corrected chi connectivity index (χ4v) is 3.95. The molecule has 1 aliphatic rings. The third-order valence-electron chi connectivity index (χ3n) is 5.90. The van der Waals surface area contributed by atoms with Gasteiger partial charge in [0.1, 0.15) is 18.0 Å². The molecule has 5 nitrogen and oxygen atoms in total. The molecule has 0 radical (unpaired) electrons. The van der Waals surface area contributed by atoms with Crippen molar-refractivity contribution >= 4 is 11.6 Å². The molecule has 0 spiro atoms. The van der Waals surface area contributed by atoms with Gasteiger partial charge in [0.05, 0.1) is 0 Å². The lowest BCUT2D eigenvalue weighted by molar-refractivity contribution is -0.139. The molecule has 164 valence electrons. The van der Waals surface area contributed by atoms with Crippen molar-refractivity contribution < 1.29 is 14.3 Å². The molecule has 2 atom stereocenters. The zero-order valence-corrected chi connectivity index (χ0v) is 18.8. The van der Waals surface area contributed by atoms with E-state index >= 15 is 0 Å². The lowest BCUT2D eigenvalue weighted by Gasteiger charge is -2.33. The van der Waals surface area contributed by atoms with Gasteiger partial charge in [-0.25, -0.2) is 0 Å². The number of likely N-dealkylation sites (tertiary alicyclic amines) is 1. The van der Waals surface area contributed by atoms with E-state index in [1.807, 2.05) is 38.1 Å². The van der Waals surface area contributed by atoms with Crippen LogP contribution in [-0.2, 0) is 9.53 Å². The molecule has 0 aliphatic carbocycles. The maximum atomic E-state index is 12.8. The molecule has 1 aromatic carbocycles. The van der Waals surface area contributed by atoms with Crippen LogP contribution in [0.3, 0.4) is 0 Å². The first-order valence-electron chi connectivity index (χ1n) is 11.4. The molecule has 1 aromatic rings. The Morgan fingerprint density at radius 3 is 2.62 bits per heavy atom. The van der Waals surface area contributed by atoms with Crippen LogP contribution >= 0.6 is 0 Å². The Morgan fingerprint density at radius 2 is 1.97 bits per heavy atom. The molecule has 0 saturated carbocycles. The highest BCUT2D eigenvalue weighted by Crippen LogP contribution is 2.23. The maximum absolute atomic E-state index is 12.8. The van der Waals surface area contributed by atoms with Crippen molar-refractivity contribution in [2.24, 2.45) is 0 Å². The molecule has 2 rings (SSSR count). The number of nitrogens with zero attached hydrogens (tertiary/aromatic N) is 1. The van der Waals surface area contributed by atoms with E-state index in [4.69, 9.17) is 9.47 Å². The molecule has 0 unspecified atom stereocenters. The molecule has 1 aliphatic heterocycles. The standard InChI is InChI=1S/C24H40N2O3/c1-5-7-9-16-24(4,29-6-2)23(27)25-21-12-14-22(15-13-21)28-19-18-26-17-10-8-11-20(26)3/h12-15,20H,5-11,16-19H2,1-4H3,(H,25,27)/t20-,24+/m1/s1. The van der Waals surface area contributed by atoms with E-state index in [2.05, 4.69) is 24.1 Å². The summed E-state index contributed by atoms with van der Waals surface area (Å²) < 4.78 is 11.7. The van der Waals surface area contributed by atoms with E-state index in [9.17, 15) is 4.79 Å². The summed E-state index contributed by atoms with van der Waals surface area (Å²) in [4.78, 5) is 15.3. The topological polar surface area (TPSA) is 50.8 Å². The second-order valence-corrected chi connectivity index (χ2v) is 8.33. The van der Waals surface area contributed by atoms with E-state index in [1.54, 1.807) is 0 Å². The van der Waals surface area contributed by atoms with E-state index in [-0.39, 0.29) is 5.91 Å². The van der Waals surface area contributed by atoms with Gasteiger partial charge >= 0.3 is 0 Å². The number of amides is 1. The number of hydrogen-bond donors (Lipinski definition) is 1. The Kier molecular flexibility index (Phi) is 9.95. The van der Waals surface area contributed by atoms with Crippen LogP contribution in [0.25, 0.3) is 0 Å². The number of unbranched alkanes of at least 4 members (excludes halogenated alkanes) is 2. The summed E-state index contributed by atoms with van der Waals surface area (Å²) in [5.74, 6) is 0.756. The maximum Gasteiger partial charge on any atom is 0.256 e. The first-order valence-corrected chi connectivity index (χ1v) is 11.4. The molecule has 1 N–H and O–H groups in total. The fraction of sp³-hybridized carbons (Fsp3) is 0.708. The van der Waals surface area contributed by atoms with Gasteiger partial charge in [-0.15, -0.1) is 0 Å². The smallest absolute Gasteiger partial charge is 0.256 e. The number of anilines is 1. The number of carbonyl (C=O) groups is 1. The van der Waals surface area contributed by atoms with Crippen LogP contribution in [-0.4, -0.2) is 48.8 Å². The van der Waals surface area contributed by atoms with Gasteiger partial charge in [-0.1, -0.05) is 32.6 Å². The summed E-state index contributed by atoms with van der Waals surface area (Å²) in [6.45, 7) is 11.6. The molecule has 1 fully saturated rings. The van der Waals surface area contributed by atoms with Crippen molar-refractivity contribution in [3.05, 3.63) is 24.3 Å². The van der Waals surface area contributed by atoms with Crippen molar-refractivity contribution in [3.8, 4) is 5.75 Å². The highest BCUT2D eigenvalue weighted by molar-refractivity contribution is 5.97. The number of ether oxygens (including phenoxy) is 2. The largest absolute Gasteiger partial charge is 0.492 e. The molecule has 0 bridgehead atoms. The fourth-order valence-electron chi connectivity index (χ4n) is 3.95. The number of piperidine rings is 1. The second-order valence-electron chi connectivity index (χ2n) is 8.33. The number of nitrogens with one attached hydrogen (secondary N) is 1. The highest BCUT2D eigenvalue weighted by Gasteiger charge is 2.33. The Balaban J connectivity index is 1.82. The molecule has 0 aromatic heterocycles. The van der Waals surface area contributed by atoms with Gasteiger partial charge in [0, 0.05) is 24.9 Å². The van der Waals surface area contributed by atoms with Crippen molar-refractivity contribution in [1.29, 1.82) is 0 Å². The second kappa shape index (κ2) is 12.2. The summed E-state index contributed by atoms with van der Waals surface area (Å²) in [5, 5.41) is 3.01. The minimum atomic E-state index is -0.787. The molecule has 5 heteroatoms. The van der Waals surface area contributed by atoms with Gasteiger partial charge in [0.2, 0.25) is 0 Å². The average Bonchev–Trinajstić information content (AvgIpc) is 2.71. The van der Waals surface area contributed by atoms with E-state index in [0.717, 1.165) is 43.7 Å². The van der Waals surface area contributed by atoms with Crippen LogP contribution in [0, 0.1) is 0 Å². The van der Waals surface area contributed by atoms with Gasteiger partial charge in [-0.3, -0.25) is 9.69 Å². The molecule has 29 heavy (non-hydrogen) atoms. The first kappa shape index (κ1) is 23.7. The lowest BCUT2D eigenvalue weighted by Crippen LogP contribution is -2.42. The molecule has 1 amide bonds. The molecule has 1 saturated heterocycles. The van der Waals surface area contributed by atoms with Gasteiger partial charge < -0.3 is 14.8 Å². The first-order chi connectivity index (χ1) is 14.0. The number of benzene rings is 1. The zero-order chi connectivity index (χ0) is 21.1. The highest BCUT2D eigenvalue weighted by atomic mass is 16.5. The van der Waals surface area contributed by atoms with Gasteiger partial charge in [-0.2, -0.15) is 0 Å². The predicted molar refractivity (Wildman–Crippen MR) is 120 cm³/mol. The monoisotopic (exact) mass is 404 g/mol. The Morgan fingerprint density at radius 1 is 1.21 bits per heavy atom. The van der Waals surface area contributed by atoms with Crippen LogP contribution in [0.4, 0.5) is 5.69 Å². The minimum Gasteiger partial charge on any atom is -0.492 e. The molecular formula is C24H40N2O3. The Hall–Kier alpha value is -1.59. The van der Waals surface area contributed by atoms with E-state index < -0.39 is 5.60 Å². The van der Waals surface area contributed by atoms with Crippen LogP contribution in [0.1, 0.15) is 72.6 Å². The number of carbonyl (C=O) groups excluding carboxylic acids is 1. The van der Waals surface area contributed by atoms with Gasteiger partial charge in [0.25, 0.3) is 5.91 Å². The van der Waals surface area contributed by atoms with Crippen molar-refractivity contribution in [2.45, 2.75) is 84.3 Å². The zero-order valence-electron chi connectivity index (χ0n) is 18.8. The van der Waals surface area contributed by atoms with Crippen LogP contribution in [0.2, 0.25) is 0 Å². The minimum absolute atomic E-state index is 0.0804. The average molecular weight is 405 g/mol. The predicted octanol–water partition coefficient (Wildman–Crippen LogP) is 5.25. The van der Waals surface area contributed by atoms with E-state index in [1.165, 1.54) is 25.8 Å². The van der Waals surface area contributed by atoms with Crippen molar-refractivity contribution in [2.75, 3.05) is 31.6 Å². The van der Waals surface area contributed by atoms with Gasteiger partial charge in [-0.05, 0) is 70.8 Å². The lowest BCUT2D eigenvalue weighted by atomic mass is 9.96. The Labute approximate surface area is 177 Å². The SMILES string of the molecule is CCCCC[C@](C)(OCC)C(=O)Nc1ccc(OCCN2CCCC[C@H]2C)cc1. The quantitative estimate of drug-likeness (QED) is 0.483. The third-order valence-corrected chi connectivity index (χ3v) is 5.90. The summed E-state index contributed by atoms with van der Waals surface area (Å²) >= 11 is 0. The number of hydrogen-bond acceptors (Lipinski definition) is 4. The summed E-state index contributed by atoms with van der Waals surface area (Å²) in [5.41, 5.74) is -0.0158. The van der Waals surface area contributed by atoms with Crippen LogP contribution < -0.4 is 10.1 Å². The van der Waals surface area contributed by atoms with Gasteiger partial charge in [0.15, 0.2) is 0 Å². The summed E-state index contributed by atoms with van der Waals surface area (Å²) in [6.07, 6.45) is 7.87. The molecule has 1 heterocycles. The summed E-state index contributed by atoms with van der Waals surface area (Å²) in [7, 11) is 0. The van der Waals surface area contributed by atoms with Crippen LogP contribution in [0.5, 0.6) is 5.75 Å². The normalized spacial score (nSPS) is 19.5. The third kappa shape index (κ3) is 7.63.